The second kappa shape index (κ2) is 6.80. The van der Waals surface area contributed by atoms with Crippen LogP contribution < -0.4 is 9.64 Å². The molecule has 32 heavy (non-hydrogen) atoms. The molecular weight excluding hydrogens is 398 g/mol. The molecule has 160 valence electrons. The van der Waals surface area contributed by atoms with Crippen molar-refractivity contribution >= 4 is 17.5 Å². The first-order chi connectivity index (χ1) is 15.6. The van der Waals surface area contributed by atoms with E-state index in [1.54, 1.807) is 0 Å². The van der Waals surface area contributed by atoms with Gasteiger partial charge < -0.3 is 4.74 Å². The van der Waals surface area contributed by atoms with Crippen molar-refractivity contribution in [3.8, 4) is 5.75 Å². The molecule has 4 nitrogen and oxygen atoms in total. The maximum absolute atomic E-state index is 14.0. The van der Waals surface area contributed by atoms with E-state index in [4.69, 9.17) is 4.74 Å². The Hall–Kier alpha value is -3.40. The second-order valence-corrected chi connectivity index (χ2v) is 9.19. The van der Waals surface area contributed by atoms with Crippen LogP contribution in [0.1, 0.15) is 48.4 Å². The van der Waals surface area contributed by atoms with E-state index >= 15 is 0 Å². The van der Waals surface area contributed by atoms with Gasteiger partial charge in [-0.3, -0.25) is 9.59 Å². The van der Waals surface area contributed by atoms with E-state index in [1.165, 1.54) is 27.2 Å². The summed E-state index contributed by atoms with van der Waals surface area (Å²) in [6.45, 7) is 4.72. The summed E-state index contributed by atoms with van der Waals surface area (Å²) in [7, 11) is 0. The van der Waals surface area contributed by atoms with Crippen LogP contribution in [0.25, 0.3) is 0 Å². The van der Waals surface area contributed by atoms with Gasteiger partial charge in [-0.05, 0) is 40.8 Å². The lowest BCUT2D eigenvalue weighted by Gasteiger charge is -2.52. The number of para-hydroxylation sites is 2. The van der Waals surface area contributed by atoms with Crippen molar-refractivity contribution in [3.63, 3.8) is 0 Å². The number of carbonyl (C=O) groups excluding carboxylic acids is 2. The number of amides is 2. The second-order valence-electron chi connectivity index (χ2n) is 9.19. The maximum atomic E-state index is 14.0. The van der Waals surface area contributed by atoms with Crippen LogP contribution >= 0.6 is 0 Å². The Bertz CT molecular complexity index is 1220. The fourth-order valence-electron chi connectivity index (χ4n) is 6.36. The summed E-state index contributed by atoms with van der Waals surface area (Å²) in [5, 5.41) is 0. The predicted octanol–water partition coefficient (Wildman–Crippen LogP) is 5.05. The molecule has 0 radical (unpaired) electrons. The molecule has 0 saturated carbocycles. The normalized spacial score (nSPS) is 27.2. The molecule has 4 heteroatoms. The number of ether oxygens (including phenoxy) is 1. The third-order valence-corrected chi connectivity index (χ3v) is 7.61. The third-order valence-electron chi connectivity index (χ3n) is 7.61. The summed E-state index contributed by atoms with van der Waals surface area (Å²) in [5.74, 6) is -0.598. The van der Waals surface area contributed by atoms with E-state index in [2.05, 4.69) is 31.2 Å². The molecule has 7 rings (SSSR count). The number of imide groups is 1. The summed E-state index contributed by atoms with van der Waals surface area (Å²) in [4.78, 5) is 29.4. The van der Waals surface area contributed by atoms with Gasteiger partial charge in [-0.2, -0.15) is 0 Å². The van der Waals surface area contributed by atoms with Crippen molar-refractivity contribution < 1.29 is 14.3 Å². The molecule has 0 unspecified atom stereocenters. The summed E-state index contributed by atoms with van der Waals surface area (Å²) in [6.07, 6.45) is 0.853. The van der Waals surface area contributed by atoms with E-state index in [1.807, 2.05) is 55.5 Å². The van der Waals surface area contributed by atoms with E-state index in [-0.39, 0.29) is 17.7 Å². The van der Waals surface area contributed by atoms with Crippen LogP contribution in [0.4, 0.5) is 5.69 Å². The molecule has 1 aliphatic heterocycles. The monoisotopic (exact) mass is 423 g/mol. The van der Waals surface area contributed by atoms with Crippen LogP contribution in [0.3, 0.4) is 0 Å². The van der Waals surface area contributed by atoms with Crippen molar-refractivity contribution in [2.24, 2.45) is 11.8 Å². The zero-order chi connectivity index (χ0) is 22.0. The number of hydrogen-bond acceptors (Lipinski definition) is 3. The van der Waals surface area contributed by atoms with Gasteiger partial charge in [0.1, 0.15) is 5.75 Å². The minimum absolute atomic E-state index is 0.112. The Morgan fingerprint density at radius 1 is 0.844 bits per heavy atom. The highest BCUT2D eigenvalue weighted by molar-refractivity contribution is 6.24. The molecule has 2 atom stereocenters. The van der Waals surface area contributed by atoms with Crippen LogP contribution in [0.5, 0.6) is 5.75 Å². The number of rotatable bonds is 4. The molecule has 3 aromatic carbocycles. The molecule has 2 amide bonds. The van der Waals surface area contributed by atoms with Crippen LogP contribution in [0.2, 0.25) is 0 Å². The average Bonchev–Trinajstić information content (AvgIpc) is 3.09. The topological polar surface area (TPSA) is 46.6 Å². The van der Waals surface area contributed by atoms with E-state index < -0.39 is 17.3 Å². The minimum Gasteiger partial charge on any atom is -0.491 e. The lowest BCUT2D eigenvalue weighted by Crippen LogP contribution is -2.51. The van der Waals surface area contributed by atoms with Gasteiger partial charge in [0.05, 0.1) is 24.1 Å². The van der Waals surface area contributed by atoms with Crippen molar-refractivity contribution in [1.82, 2.24) is 0 Å². The first kappa shape index (κ1) is 19.3. The van der Waals surface area contributed by atoms with Gasteiger partial charge in [-0.1, -0.05) is 74.5 Å². The molecule has 0 N–H and O–H groups in total. The lowest BCUT2D eigenvalue weighted by atomic mass is 9.48. The van der Waals surface area contributed by atoms with Crippen molar-refractivity contribution in [2.45, 2.75) is 31.6 Å². The Labute approximate surface area is 187 Å². The fourth-order valence-corrected chi connectivity index (χ4v) is 6.36. The Morgan fingerprint density at radius 2 is 1.44 bits per heavy atom. The van der Waals surface area contributed by atoms with Crippen LogP contribution in [-0.4, -0.2) is 18.4 Å². The lowest BCUT2D eigenvalue weighted by molar-refractivity contribution is -0.123. The summed E-state index contributed by atoms with van der Waals surface area (Å²) in [5.41, 5.74) is 4.70. The molecule has 0 aromatic heterocycles. The first-order valence-corrected chi connectivity index (χ1v) is 11.4. The maximum Gasteiger partial charge on any atom is 0.239 e. The van der Waals surface area contributed by atoms with Crippen LogP contribution in [0, 0.1) is 11.8 Å². The highest BCUT2D eigenvalue weighted by atomic mass is 16.5. The molecule has 1 fully saturated rings. The molecule has 4 aliphatic rings. The highest BCUT2D eigenvalue weighted by Gasteiger charge is 2.66. The summed E-state index contributed by atoms with van der Waals surface area (Å²) < 4.78 is 5.92. The molecule has 3 aromatic rings. The number of nitrogens with zero attached hydrogens (tertiary/aromatic N) is 1. The van der Waals surface area contributed by atoms with Crippen molar-refractivity contribution in [3.05, 3.63) is 95.1 Å². The Balaban J connectivity index is 1.55. The quantitative estimate of drug-likeness (QED) is 0.552. The van der Waals surface area contributed by atoms with Gasteiger partial charge in [0.25, 0.3) is 0 Å². The molecular formula is C28H25NO3. The fraction of sp³-hybridized carbons (Fsp3) is 0.286. The largest absolute Gasteiger partial charge is 0.491 e. The van der Waals surface area contributed by atoms with Crippen molar-refractivity contribution in [2.75, 3.05) is 11.5 Å². The smallest absolute Gasteiger partial charge is 0.239 e. The predicted molar refractivity (Wildman–Crippen MR) is 123 cm³/mol. The SMILES string of the molecule is CCCOc1ccccc1N1C(=O)[C@@H]2C3c4ccccc4C(C)(c4ccccc43)[C@@H]2C1=O. The molecule has 1 saturated heterocycles. The third kappa shape index (κ3) is 2.27. The van der Waals surface area contributed by atoms with E-state index in [0.717, 1.165) is 6.42 Å². The van der Waals surface area contributed by atoms with Gasteiger partial charge in [-0.15, -0.1) is 0 Å². The number of hydrogen-bond donors (Lipinski definition) is 0. The average molecular weight is 424 g/mol. The Kier molecular flexibility index (Phi) is 4.10. The zero-order valence-electron chi connectivity index (χ0n) is 18.2. The van der Waals surface area contributed by atoms with E-state index in [0.29, 0.717) is 18.0 Å². The van der Waals surface area contributed by atoms with Gasteiger partial charge in [0.15, 0.2) is 0 Å². The number of anilines is 1. The number of carbonyl (C=O) groups is 2. The minimum atomic E-state index is -0.548. The van der Waals surface area contributed by atoms with Gasteiger partial charge in [-0.25, -0.2) is 4.90 Å². The van der Waals surface area contributed by atoms with Crippen molar-refractivity contribution in [1.29, 1.82) is 0 Å². The van der Waals surface area contributed by atoms with Gasteiger partial charge >= 0.3 is 0 Å². The van der Waals surface area contributed by atoms with Crippen LogP contribution in [-0.2, 0) is 15.0 Å². The highest BCUT2D eigenvalue weighted by Crippen LogP contribution is 2.64. The van der Waals surface area contributed by atoms with Gasteiger partial charge in [0.2, 0.25) is 11.8 Å². The zero-order valence-corrected chi connectivity index (χ0v) is 18.2. The number of benzene rings is 3. The standard InChI is InChI=1S/C28H25NO3/c1-3-16-32-22-15-9-8-14-21(22)29-26(30)24-23-17-10-4-6-12-19(17)28(2,25(24)27(29)31)20-13-7-5-11-18(20)23/h4-15,23-25H,3,16H2,1-2H3/t23?,24-,25+,28?/m1/s1. The van der Waals surface area contributed by atoms with Crippen LogP contribution in [0.15, 0.2) is 72.8 Å². The summed E-state index contributed by atoms with van der Waals surface area (Å²) in [6, 6.07) is 24.1. The molecule has 1 heterocycles. The Morgan fingerprint density at radius 3 is 2.09 bits per heavy atom. The van der Waals surface area contributed by atoms with E-state index in [9.17, 15) is 9.59 Å². The molecule has 2 bridgehead atoms. The van der Waals surface area contributed by atoms with Gasteiger partial charge in [0, 0.05) is 11.3 Å². The molecule has 0 spiro atoms. The summed E-state index contributed by atoms with van der Waals surface area (Å²) >= 11 is 0. The molecule has 3 aliphatic carbocycles. The first-order valence-electron chi connectivity index (χ1n) is 11.4.